The van der Waals surface area contributed by atoms with Gasteiger partial charge in [-0.15, -0.1) is 0 Å². The Morgan fingerprint density at radius 3 is 1.67 bits per heavy atom. The van der Waals surface area contributed by atoms with E-state index in [0.717, 1.165) is 119 Å². The number of aliphatic carboxylic acids is 1. The first-order valence-corrected chi connectivity index (χ1v) is 34.4. The molecule has 0 bridgehead atoms. The number of carboxylic acid groups (broad SMARTS) is 1. The molecule has 0 spiro atoms. The third-order valence-electron chi connectivity index (χ3n) is 15.8. The summed E-state index contributed by atoms with van der Waals surface area (Å²) < 4.78 is 55.9. The molecule has 1 fully saturated rings. The fraction of sp³-hybridized carbons (Fsp3) is 0.416. The summed E-state index contributed by atoms with van der Waals surface area (Å²) in [4.78, 5) is 58.7. The maximum absolute atomic E-state index is 11.2. The van der Waals surface area contributed by atoms with Gasteiger partial charge in [-0.2, -0.15) is 0 Å². The highest BCUT2D eigenvalue weighted by molar-refractivity contribution is 9.10. The molecule has 5 N–H and O–H groups in total. The average molecular weight is 1470 g/mol. The van der Waals surface area contributed by atoms with Crippen molar-refractivity contribution in [2.75, 3.05) is 79.4 Å². The van der Waals surface area contributed by atoms with Crippen LogP contribution in [0.1, 0.15) is 131 Å². The number of carbonyl (C=O) groups is 5. The number of ether oxygens (including phenoxy) is 4. The Bertz CT molecular complexity index is 3510. The first-order chi connectivity index (χ1) is 48.6. The number of hydrogen-bond donors (Lipinski definition) is 5. The highest BCUT2D eigenvalue weighted by Crippen LogP contribution is 2.24. The molecule has 11 heterocycles. The lowest BCUT2D eigenvalue weighted by Gasteiger charge is -2.19. The minimum Gasteiger partial charge on any atom is -0.475 e. The highest BCUT2D eigenvalue weighted by Gasteiger charge is 2.22. The van der Waals surface area contributed by atoms with Crippen LogP contribution >= 0.6 is 15.9 Å². The molecule has 4 aliphatic heterocycles. The van der Waals surface area contributed by atoms with Gasteiger partial charge in [0.1, 0.15) is 41.0 Å². The minimum atomic E-state index is -1.50. The number of ketones is 1. The van der Waals surface area contributed by atoms with Crippen LogP contribution in [0.4, 0.5) is 0 Å². The van der Waals surface area contributed by atoms with Gasteiger partial charge in [-0.25, -0.2) is 9.59 Å². The summed E-state index contributed by atoms with van der Waals surface area (Å²) in [6, 6.07) is 37.0. The average Bonchev–Trinajstić information content (AvgIpc) is 1.59. The van der Waals surface area contributed by atoms with E-state index in [4.69, 9.17) is 51.3 Å². The fourth-order valence-electron chi connectivity index (χ4n) is 10.6. The Morgan fingerprint density at radius 2 is 1.16 bits per heavy atom. The number of nitrogens with zero attached hydrogens (tertiary/aromatic N) is 2. The second-order valence-corrected chi connectivity index (χ2v) is 23.8. The predicted molar refractivity (Wildman–Crippen MR) is 380 cm³/mol. The SMILES string of the molecule is Brc1cc2c(o1)CCNCC2.C.CC1CCCO1.CCOC(=O)C(O)c1ccco1.CCOC(=O)Cc1occc1CC(=O)OC.O=C(O)C(=O)c1ccco1.OCCc1ccoc1CCO.c1ccc(CN2CCc3ccoc3CC2)cc1.c1ccc(CN2CCc3ccoc3CC2)cc1. The van der Waals surface area contributed by atoms with Crippen LogP contribution in [-0.4, -0.2) is 145 Å². The lowest BCUT2D eigenvalue weighted by Crippen LogP contribution is -2.25. The van der Waals surface area contributed by atoms with E-state index in [1.807, 2.05) is 18.6 Å². The number of esters is 3. The molecular formula is C77H98BrN3O20. The Morgan fingerprint density at radius 1 is 0.594 bits per heavy atom. The van der Waals surface area contributed by atoms with Crippen molar-refractivity contribution in [3.05, 3.63) is 237 Å². The van der Waals surface area contributed by atoms with Gasteiger partial charge in [0, 0.05) is 90.3 Å². The molecule has 24 heteroatoms. The number of rotatable bonds is 18. The number of carboxylic acids is 1. The van der Waals surface area contributed by atoms with Crippen molar-refractivity contribution in [1.82, 2.24) is 15.1 Å². The number of Topliss-reactive ketones (excluding diaryl/α,β-unsaturated/α-hetero) is 1. The van der Waals surface area contributed by atoms with Crippen LogP contribution in [0, 0.1) is 0 Å². The molecule has 0 amide bonds. The van der Waals surface area contributed by atoms with E-state index in [2.05, 4.69) is 131 Å². The summed E-state index contributed by atoms with van der Waals surface area (Å²) in [6.45, 7) is 15.9. The minimum absolute atomic E-state index is 0. The molecule has 1 saturated heterocycles. The van der Waals surface area contributed by atoms with Gasteiger partial charge >= 0.3 is 29.7 Å². The van der Waals surface area contributed by atoms with Crippen LogP contribution in [0.25, 0.3) is 0 Å². The molecular weight excluding hydrogens is 1370 g/mol. The number of halogens is 1. The monoisotopic (exact) mass is 1460 g/mol. The lowest BCUT2D eigenvalue weighted by atomic mass is 10.1. The molecule has 101 heavy (non-hydrogen) atoms. The van der Waals surface area contributed by atoms with Crippen molar-refractivity contribution in [2.24, 2.45) is 0 Å². The molecule has 0 saturated carbocycles. The number of fused-ring (bicyclic) bond motifs is 3. The molecule has 13 rings (SSSR count). The number of nitrogens with one attached hydrogen (secondary N) is 1. The number of methoxy groups -OCH3 is 1. The molecule has 548 valence electrons. The molecule has 9 aromatic rings. The van der Waals surface area contributed by atoms with Gasteiger partial charge in [-0.1, -0.05) is 68.1 Å². The van der Waals surface area contributed by atoms with E-state index < -0.39 is 23.8 Å². The molecule has 2 unspecified atom stereocenters. The summed E-state index contributed by atoms with van der Waals surface area (Å²) in [6.07, 6.45) is 18.7. The van der Waals surface area contributed by atoms with E-state index in [1.54, 1.807) is 32.2 Å². The van der Waals surface area contributed by atoms with Crippen molar-refractivity contribution in [1.29, 1.82) is 0 Å². The number of hydrogen-bond acceptors (Lipinski definition) is 22. The molecule has 23 nitrogen and oxygen atoms in total. The van der Waals surface area contributed by atoms with Crippen LogP contribution in [0.3, 0.4) is 0 Å². The topological polar surface area (TPSA) is 314 Å². The van der Waals surface area contributed by atoms with Crippen LogP contribution in [0.2, 0.25) is 0 Å². The summed E-state index contributed by atoms with van der Waals surface area (Å²) in [7, 11) is 1.31. The van der Waals surface area contributed by atoms with Gasteiger partial charge < -0.3 is 75.6 Å². The van der Waals surface area contributed by atoms with Crippen molar-refractivity contribution < 1.29 is 94.3 Å². The second kappa shape index (κ2) is 47.3. The highest BCUT2D eigenvalue weighted by atomic mass is 79.9. The molecule has 2 aromatic carbocycles. The van der Waals surface area contributed by atoms with E-state index in [9.17, 15) is 29.1 Å². The van der Waals surface area contributed by atoms with Crippen molar-refractivity contribution in [2.45, 2.75) is 131 Å². The van der Waals surface area contributed by atoms with E-state index >= 15 is 0 Å². The second-order valence-electron chi connectivity index (χ2n) is 23.0. The summed E-state index contributed by atoms with van der Waals surface area (Å²) in [5, 5.41) is 37.9. The number of aliphatic hydroxyl groups is 3. The maximum atomic E-state index is 11.2. The van der Waals surface area contributed by atoms with E-state index in [1.165, 1.54) is 96.3 Å². The predicted octanol–water partition coefficient (Wildman–Crippen LogP) is 12.2. The van der Waals surface area contributed by atoms with Gasteiger partial charge in [0.25, 0.3) is 0 Å². The zero-order valence-electron chi connectivity index (χ0n) is 57.4. The van der Waals surface area contributed by atoms with E-state index in [0.29, 0.717) is 36.9 Å². The van der Waals surface area contributed by atoms with Gasteiger partial charge in [-0.3, -0.25) is 24.2 Å². The van der Waals surface area contributed by atoms with Crippen LogP contribution in [0.5, 0.6) is 0 Å². The quantitative estimate of drug-likeness (QED) is 0.0231. The normalized spacial score (nSPS) is 14.6. The Hall–Kier alpha value is -8.85. The summed E-state index contributed by atoms with van der Waals surface area (Å²) in [5.74, 6) is 0.830. The molecule has 4 aliphatic rings. The zero-order chi connectivity index (χ0) is 71.7. The van der Waals surface area contributed by atoms with Gasteiger partial charge in [-0.05, 0) is 170 Å². The number of furan rings is 7. The number of aliphatic hydroxyl groups excluding tert-OH is 3. The first-order valence-electron chi connectivity index (χ1n) is 33.6. The fourth-order valence-corrected chi connectivity index (χ4v) is 11.1. The third kappa shape index (κ3) is 30.5. The lowest BCUT2D eigenvalue weighted by molar-refractivity contribution is -0.154. The maximum Gasteiger partial charge on any atom is 0.380 e. The van der Waals surface area contributed by atoms with Crippen molar-refractivity contribution in [3.63, 3.8) is 0 Å². The first kappa shape index (κ1) is 82.8. The van der Waals surface area contributed by atoms with Crippen LogP contribution in [-0.2, 0) is 115 Å². The zero-order valence-corrected chi connectivity index (χ0v) is 58.9. The van der Waals surface area contributed by atoms with Gasteiger partial charge in [0.05, 0.1) is 77.0 Å². The standard InChI is InChI=1S/2C15H17NO.C11H14O5.C8H10BrNO.C8H10O4.C8H12O3.C6H4O4.C5H10O.CH4/c2*1-2-4-13(5-3-1)12-16-9-6-14-8-11-17-15(14)7-10-16;1-3-15-11(13)7-9-8(4-5-16-9)6-10(12)14-2;9-8-5-6-1-3-10-4-2-7(6)11-8;1-2-11-8(10)7(9)6-4-3-5-12-6;9-4-1-7-3-6-11-8(7)2-5-10;7-5(6(8)9)4-2-1-3-10-4;1-5-3-2-4-6-5;/h2*1-5,8,11H,6-7,9-10,12H2;4-5H,3,6-7H2,1-2H3;5,10H,1-4H2;3-5,7,9H,2H2,1H3;3,6,9-10H,1-2,4-5H2;1-3H,(H,8,9);5H,2-4H2,1H3;1H4. The van der Waals surface area contributed by atoms with Gasteiger partial charge in [0.2, 0.25) is 6.10 Å². The Kier molecular flexibility index (Phi) is 38.8. The van der Waals surface area contributed by atoms with Gasteiger partial charge in [0.15, 0.2) is 10.4 Å². The Labute approximate surface area is 598 Å². The summed E-state index contributed by atoms with van der Waals surface area (Å²) >= 11 is 3.33. The van der Waals surface area contributed by atoms with Crippen molar-refractivity contribution in [3.8, 4) is 0 Å². The molecule has 0 radical (unpaired) electrons. The molecule has 2 atom stereocenters. The number of carbonyl (C=O) groups excluding carboxylic acids is 4. The smallest absolute Gasteiger partial charge is 0.380 e. The van der Waals surface area contributed by atoms with E-state index in [-0.39, 0.29) is 63.5 Å². The third-order valence-corrected chi connectivity index (χ3v) is 16.2. The summed E-state index contributed by atoms with van der Waals surface area (Å²) in [5.41, 5.74) is 8.56. The molecule has 0 aliphatic carbocycles. The van der Waals surface area contributed by atoms with Crippen LogP contribution < -0.4 is 5.32 Å². The van der Waals surface area contributed by atoms with Crippen molar-refractivity contribution >= 4 is 45.6 Å². The Balaban J connectivity index is 0.000000211. The molecule has 7 aromatic heterocycles. The largest absolute Gasteiger partial charge is 0.475 e. The van der Waals surface area contributed by atoms with Crippen LogP contribution in [0.15, 0.2) is 188 Å². The number of benzene rings is 2.